The van der Waals surface area contributed by atoms with Gasteiger partial charge in [-0.2, -0.15) is 0 Å². The summed E-state index contributed by atoms with van der Waals surface area (Å²) in [4.78, 5) is 18.2. The molecular formula is C17H19BrN2O. The Labute approximate surface area is 134 Å². The number of halogens is 1. The van der Waals surface area contributed by atoms with Crippen molar-refractivity contribution < 1.29 is 4.79 Å². The highest BCUT2D eigenvalue weighted by Crippen LogP contribution is 2.18. The molecule has 0 atom stereocenters. The van der Waals surface area contributed by atoms with Gasteiger partial charge in [-0.25, -0.2) is 4.98 Å². The highest BCUT2D eigenvalue weighted by atomic mass is 79.9. The van der Waals surface area contributed by atoms with Crippen LogP contribution in [0.1, 0.15) is 41.3 Å². The Morgan fingerprint density at radius 2 is 1.90 bits per heavy atom. The van der Waals surface area contributed by atoms with Gasteiger partial charge in [0.15, 0.2) is 0 Å². The fourth-order valence-electron chi connectivity index (χ4n) is 2.10. The highest BCUT2D eigenvalue weighted by Gasteiger charge is 2.15. The molecule has 2 rings (SSSR count). The zero-order valence-corrected chi connectivity index (χ0v) is 14.1. The Morgan fingerprint density at radius 3 is 2.48 bits per heavy atom. The predicted octanol–water partition coefficient (Wildman–Crippen LogP) is 4.24. The van der Waals surface area contributed by atoms with Crippen LogP contribution in [-0.2, 0) is 6.54 Å². The van der Waals surface area contributed by atoms with Gasteiger partial charge in [0.05, 0.1) is 5.56 Å². The van der Waals surface area contributed by atoms with Crippen molar-refractivity contribution in [2.45, 2.75) is 26.3 Å². The van der Waals surface area contributed by atoms with Gasteiger partial charge in [-0.15, -0.1) is 0 Å². The molecule has 110 valence electrons. The lowest BCUT2D eigenvalue weighted by atomic mass is 10.0. The van der Waals surface area contributed by atoms with Crippen molar-refractivity contribution in [3.63, 3.8) is 0 Å². The van der Waals surface area contributed by atoms with Gasteiger partial charge in [-0.1, -0.05) is 38.1 Å². The second-order valence-electron chi connectivity index (χ2n) is 5.40. The molecule has 1 amide bonds. The molecule has 0 bridgehead atoms. The molecule has 21 heavy (non-hydrogen) atoms. The summed E-state index contributed by atoms with van der Waals surface area (Å²) in [6.45, 7) is 4.92. The summed E-state index contributed by atoms with van der Waals surface area (Å²) in [6, 6.07) is 12.0. The normalized spacial score (nSPS) is 10.7. The van der Waals surface area contributed by atoms with Crippen molar-refractivity contribution in [2.24, 2.45) is 0 Å². The van der Waals surface area contributed by atoms with Gasteiger partial charge < -0.3 is 4.90 Å². The van der Waals surface area contributed by atoms with Gasteiger partial charge in [-0.3, -0.25) is 4.79 Å². The average molecular weight is 347 g/mol. The number of rotatable bonds is 4. The van der Waals surface area contributed by atoms with Gasteiger partial charge in [-0.05, 0) is 45.1 Å². The molecule has 0 saturated heterocycles. The largest absolute Gasteiger partial charge is 0.337 e. The molecule has 1 aromatic heterocycles. The Hall–Kier alpha value is -1.68. The maximum atomic E-state index is 12.4. The number of aromatic nitrogens is 1. The molecule has 4 heteroatoms. The molecule has 1 aromatic carbocycles. The van der Waals surface area contributed by atoms with Crippen LogP contribution in [0.5, 0.6) is 0 Å². The van der Waals surface area contributed by atoms with E-state index in [1.54, 1.807) is 30.3 Å². The molecule has 0 saturated carbocycles. The maximum Gasteiger partial charge on any atom is 0.256 e. The summed E-state index contributed by atoms with van der Waals surface area (Å²) in [5.74, 6) is 0.479. The number of amides is 1. The minimum Gasteiger partial charge on any atom is -0.337 e. The van der Waals surface area contributed by atoms with E-state index in [-0.39, 0.29) is 5.91 Å². The molecule has 0 unspecified atom stereocenters. The van der Waals surface area contributed by atoms with E-state index in [4.69, 9.17) is 0 Å². The van der Waals surface area contributed by atoms with Gasteiger partial charge in [0.2, 0.25) is 0 Å². The van der Waals surface area contributed by atoms with Crippen LogP contribution < -0.4 is 0 Å². The van der Waals surface area contributed by atoms with Crippen LogP contribution in [0.4, 0.5) is 0 Å². The van der Waals surface area contributed by atoms with Crippen LogP contribution in [0.2, 0.25) is 0 Å². The molecule has 0 aliphatic carbocycles. The topological polar surface area (TPSA) is 33.2 Å². The lowest BCUT2D eigenvalue weighted by Crippen LogP contribution is -2.26. The molecule has 0 aliphatic rings. The lowest BCUT2D eigenvalue weighted by molar-refractivity contribution is 0.0783. The monoisotopic (exact) mass is 346 g/mol. The molecule has 0 N–H and O–H groups in total. The summed E-state index contributed by atoms with van der Waals surface area (Å²) in [7, 11) is 1.80. The second kappa shape index (κ2) is 6.85. The summed E-state index contributed by atoms with van der Waals surface area (Å²) >= 11 is 3.32. The van der Waals surface area contributed by atoms with E-state index in [9.17, 15) is 4.79 Å². The molecule has 1 heterocycles. The fourth-order valence-corrected chi connectivity index (χ4v) is 2.52. The van der Waals surface area contributed by atoms with Crippen LogP contribution in [0.25, 0.3) is 0 Å². The van der Waals surface area contributed by atoms with Gasteiger partial charge in [0, 0.05) is 19.8 Å². The Kier molecular flexibility index (Phi) is 5.12. The second-order valence-corrected chi connectivity index (χ2v) is 6.15. The quantitative estimate of drug-likeness (QED) is 0.775. The van der Waals surface area contributed by atoms with Crippen LogP contribution in [0.15, 0.2) is 47.2 Å². The van der Waals surface area contributed by atoms with Crippen molar-refractivity contribution in [1.82, 2.24) is 9.88 Å². The summed E-state index contributed by atoms with van der Waals surface area (Å²) < 4.78 is 0.581. The third-order valence-corrected chi connectivity index (χ3v) is 4.03. The predicted molar refractivity (Wildman–Crippen MR) is 88.3 cm³/mol. The van der Waals surface area contributed by atoms with E-state index in [1.165, 1.54) is 5.56 Å². The first-order valence-corrected chi connectivity index (χ1v) is 7.73. The third-order valence-electron chi connectivity index (χ3n) is 3.40. The number of hydrogen-bond acceptors (Lipinski definition) is 2. The minimum atomic E-state index is -0.0390. The van der Waals surface area contributed by atoms with E-state index in [0.29, 0.717) is 22.6 Å². The van der Waals surface area contributed by atoms with E-state index in [1.807, 2.05) is 0 Å². The SMILES string of the molecule is CC(C)c1ccc(CN(C)C(=O)c2cccnc2Br)cc1. The van der Waals surface area contributed by atoms with E-state index in [0.717, 1.165) is 5.56 Å². The Balaban J connectivity index is 2.09. The van der Waals surface area contributed by atoms with Crippen LogP contribution in [0.3, 0.4) is 0 Å². The number of carbonyl (C=O) groups excluding carboxylic acids is 1. The molecular weight excluding hydrogens is 328 g/mol. The Bertz CT molecular complexity index is 623. The van der Waals surface area contributed by atoms with Crippen molar-refractivity contribution >= 4 is 21.8 Å². The standard InChI is InChI=1S/C17H19BrN2O/c1-12(2)14-8-6-13(7-9-14)11-20(3)17(21)15-5-4-10-19-16(15)18/h4-10,12H,11H2,1-3H3. The van der Waals surface area contributed by atoms with E-state index < -0.39 is 0 Å². The van der Waals surface area contributed by atoms with Crippen molar-refractivity contribution in [3.05, 3.63) is 63.9 Å². The molecule has 0 fully saturated rings. The summed E-state index contributed by atoms with van der Waals surface area (Å²) in [6.07, 6.45) is 1.66. The average Bonchev–Trinajstić information content (AvgIpc) is 2.47. The number of hydrogen-bond donors (Lipinski definition) is 0. The van der Waals surface area contributed by atoms with E-state index >= 15 is 0 Å². The van der Waals surface area contributed by atoms with Gasteiger partial charge in [0.1, 0.15) is 4.60 Å². The van der Waals surface area contributed by atoms with Gasteiger partial charge >= 0.3 is 0 Å². The number of carbonyl (C=O) groups is 1. The first-order chi connectivity index (χ1) is 9.99. The van der Waals surface area contributed by atoms with Crippen molar-refractivity contribution in [1.29, 1.82) is 0 Å². The number of benzene rings is 1. The third kappa shape index (κ3) is 3.91. The summed E-state index contributed by atoms with van der Waals surface area (Å²) in [5.41, 5.74) is 3.01. The van der Waals surface area contributed by atoms with Crippen LogP contribution in [0, 0.1) is 0 Å². The minimum absolute atomic E-state index is 0.0390. The first kappa shape index (κ1) is 15.7. The Morgan fingerprint density at radius 1 is 1.24 bits per heavy atom. The maximum absolute atomic E-state index is 12.4. The van der Waals surface area contributed by atoms with Crippen molar-refractivity contribution in [3.8, 4) is 0 Å². The number of nitrogens with zero attached hydrogens (tertiary/aromatic N) is 2. The van der Waals surface area contributed by atoms with E-state index in [2.05, 4.69) is 59.0 Å². The van der Waals surface area contributed by atoms with Crippen LogP contribution in [-0.4, -0.2) is 22.8 Å². The molecule has 0 aliphatic heterocycles. The number of pyridine rings is 1. The summed E-state index contributed by atoms with van der Waals surface area (Å²) in [5, 5.41) is 0. The smallest absolute Gasteiger partial charge is 0.256 e. The first-order valence-electron chi connectivity index (χ1n) is 6.94. The molecule has 3 nitrogen and oxygen atoms in total. The molecule has 0 spiro atoms. The van der Waals surface area contributed by atoms with Gasteiger partial charge in [0.25, 0.3) is 5.91 Å². The van der Waals surface area contributed by atoms with Crippen molar-refractivity contribution in [2.75, 3.05) is 7.05 Å². The molecule has 0 radical (unpaired) electrons. The zero-order valence-electron chi connectivity index (χ0n) is 12.5. The highest BCUT2D eigenvalue weighted by molar-refractivity contribution is 9.10. The zero-order chi connectivity index (χ0) is 15.4. The lowest BCUT2D eigenvalue weighted by Gasteiger charge is -2.18. The molecule has 2 aromatic rings. The fraction of sp³-hybridized carbons (Fsp3) is 0.294. The van der Waals surface area contributed by atoms with Crippen LogP contribution >= 0.6 is 15.9 Å².